The fourth-order valence-corrected chi connectivity index (χ4v) is 4.56. The third kappa shape index (κ3) is 3.75. The van der Waals surface area contributed by atoms with Crippen LogP contribution in [0.4, 0.5) is 0 Å². The Bertz CT molecular complexity index is 677. The van der Waals surface area contributed by atoms with Crippen molar-refractivity contribution in [1.29, 1.82) is 0 Å². The maximum atomic E-state index is 12.8. The monoisotopic (exact) mass is 336 g/mol. The molecule has 6 heteroatoms. The van der Waals surface area contributed by atoms with Gasteiger partial charge in [0.2, 0.25) is 10.0 Å². The van der Waals surface area contributed by atoms with Gasteiger partial charge in [-0.25, -0.2) is 8.42 Å². The van der Waals surface area contributed by atoms with Crippen LogP contribution in [0.1, 0.15) is 55.3 Å². The molecule has 5 nitrogen and oxygen atoms in total. The van der Waals surface area contributed by atoms with Crippen LogP contribution >= 0.6 is 0 Å². The van der Waals surface area contributed by atoms with Crippen molar-refractivity contribution >= 4 is 15.9 Å². The van der Waals surface area contributed by atoms with Crippen molar-refractivity contribution in [3.05, 3.63) is 29.8 Å². The van der Waals surface area contributed by atoms with Gasteiger partial charge in [0.25, 0.3) is 5.91 Å². The second-order valence-electron chi connectivity index (χ2n) is 6.59. The highest BCUT2D eigenvalue weighted by Crippen LogP contribution is 2.27. The number of hydrogen-bond acceptors (Lipinski definition) is 3. The van der Waals surface area contributed by atoms with E-state index in [0.717, 1.165) is 38.5 Å². The molecule has 1 aromatic rings. The zero-order chi connectivity index (χ0) is 16.4. The van der Waals surface area contributed by atoms with Gasteiger partial charge >= 0.3 is 0 Å². The molecule has 2 saturated carbocycles. The van der Waals surface area contributed by atoms with Gasteiger partial charge in [-0.05, 0) is 43.9 Å². The van der Waals surface area contributed by atoms with Crippen molar-refractivity contribution in [2.24, 2.45) is 0 Å². The third-order valence-electron chi connectivity index (χ3n) is 4.77. The first kappa shape index (κ1) is 16.5. The Hall–Kier alpha value is -1.40. The van der Waals surface area contributed by atoms with E-state index >= 15 is 0 Å². The Morgan fingerprint density at radius 2 is 1.83 bits per heavy atom. The molecule has 2 aliphatic rings. The van der Waals surface area contributed by atoms with Crippen LogP contribution in [0.25, 0.3) is 0 Å². The topological polar surface area (TPSA) is 66.5 Å². The molecular formula is C17H24N2O3S. The van der Waals surface area contributed by atoms with E-state index in [2.05, 4.69) is 5.32 Å². The normalized spacial score (nSPS) is 19.7. The van der Waals surface area contributed by atoms with E-state index in [1.54, 1.807) is 25.2 Å². The highest BCUT2D eigenvalue weighted by molar-refractivity contribution is 7.89. The van der Waals surface area contributed by atoms with Gasteiger partial charge in [0, 0.05) is 24.7 Å². The summed E-state index contributed by atoms with van der Waals surface area (Å²) < 4.78 is 27.2. The van der Waals surface area contributed by atoms with E-state index in [0.29, 0.717) is 5.56 Å². The van der Waals surface area contributed by atoms with Crippen LogP contribution in [0.15, 0.2) is 29.2 Å². The van der Waals surface area contributed by atoms with Gasteiger partial charge in [-0.1, -0.05) is 25.3 Å². The fraction of sp³-hybridized carbons (Fsp3) is 0.588. The first-order chi connectivity index (χ1) is 11.0. The number of nitrogens with zero attached hydrogens (tertiary/aromatic N) is 1. The Morgan fingerprint density at radius 1 is 1.13 bits per heavy atom. The second-order valence-corrected chi connectivity index (χ2v) is 8.59. The molecule has 0 aliphatic heterocycles. The highest BCUT2D eigenvalue weighted by Gasteiger charge is 2.30. The van der Waals surface area contributed by atoms with Crippen molar-refractivity contribution in [2.75, 3.05) is 7.05 Å². The van der Waals surface area contributed by atoms with Gasteiger partial charge in [0.15, 0.2) is 0 Å². The number of nitrogens with one attached hydrogen (secondary N) is 1. The molecular weight excluding hydrogens is 312 g/mol. The molecule has 23 heavy (non-hydrogen) atoms. The number of sulfonamides is 1. The second kappa shape index (κ2) is 6.61. The average molecular weight is 336 g/mol. The van der Waals surface area contributed by atoms with Crippen LogP contribution in [0, 0.1) is 0 Å². The molecule has 3 rings (SSSR count). The highest BCUT2D eigenvalue weighted by atomic mass is 32.2. The zero-order valence-corrected chi connectivity index (χ0v) is 14.3. The molecule has 0 atom stereocenters. The Labute approximate surface area is 138 Å². The number of amides is 1. The SMILES string of the molecule is CN(C1CCCCC1)S(=O)(=O)c1cccc(C(=O)NC2CC2)c1. The molecule has 0 heterocycles. The number of rotatable bonds is 5. The lowest BCUT2D eigenvalue weighted by Gasteiger charge is -2.30. The summed E-state index contributed by atoms with van der Waals surface area (Å²) in [7, 11) is -1.90. The molecule has 1 aromatic carbocycles. The summed E-state index contributed by atoms with van der Waals surface area (Å²) in [5.74, 6) is -0.190. The lowest BCUT2D eigenvalue weighted by Crippen LogP contribution is -2.38. The Morgan fingerprint density at radius 3 is 2.48 bits per heavy atom. The van der Waals surface area contributed by atoms with Crippen molar-refractivity contribution in [3.8, 4) is 0 Å². The van der Waals surface area contributed by atoms with Crippen LogP contribution in [0.2, 0.25) is 0 Å². The molecule has 126 valence electrons. The van der Waals surface area contributed by atoms with Gasteiger partial charge in [-0.15, -0.1) is 0 Å². The quantitative estimate of drug-likeness (QED) is 0.898. The predicted octanol–water partition coefficient (Wildman–Crippen LogP) is 2.53. The van der Waals surface area contributed by atoms with Crippen LogP contribution in [-0.2, 0) is 10.0 Å². The minimum atomic E-state index is -3.55. The summed E-state index contributed by atoms with van der Waals surface area (Å²) in [6.45, 7) is 0. The predicted molar refractivity (Wildman–Crippen MR) is 88.8 cm³/mol. The molecule has 2 aliphatic carbocycles. The molecule has 0 unspecified atom stereocenters. The standard InChI is InChI=1S/C17H24N2O3S/c1-19(15-7-3-2-4-8-15)23(21,22)16-9-5-6-13(12-16)17(20)18-14-10-11-14/h5-6,9,12,14-15H,2-4,7-8,10-11H2,1H3,(H,18,20). The first-order valence-corrected chi connectivity index (χ1v) is 9.81. The molecule has 2 fully saturated rings. The smallest absolute Gasteiger partial charge is 0.251 e. The molecule has 0 saturated heterocycles. The lowest BCUT2D eigenvalue weighted by atomic mass is 9.96. The van der Waals surface area contributed by atoms with E-state index in [9.17, 15) is 13.2 Å². The van der Waals surface area contributed by atoms with E-state index in [4.69, 9.17) is 0 Å². The van der Waals surface area contributed by atoms with E-state index in [-0.39, 0.29) is 22.9 Å². The Balaban J connectivity index is 1.79. The maximum Gasteiger partial charge on any atom is 0.251 e. The minimum Gasteiger partial charge on any atom is -0.349 e. The number of benzene rings is 1. The van der Waals surface area contributed by atoms with Crippen molar-refractivity contribution < 1.29 is 13.2 Å². The van der Waals surface area contributed by atoms with E-state index in [1.807, 2.05) is 0 Å². The number of hydrogen-bond donors (Lipinski definition) is 1. The fourth-order valence-electron chi connectivity index (χ4n) is 3.10. The van der Waals surface area contributed by atoms with Gasteiger partial charge in [-0.2, -0.15) is 4.31 Å². The molecule has 0 spiro atoms. The minimum absolute atomic E-state index is 0.0673. The van der Waals surface area contributed by atoms with E-state index in [1.165, 1.54) is 16.8 Å². The van der Waals surface area contributed by atoms with Crippen molar-refractivity contribution in [2.45, 2.75) is 61.9 Å². The van der Waals surface area contributed by atoms with Gasteiger partial charge in [0.1, 0.15) is 0 Å². The maximum absolute atomic E-state index is 12.8. The molecule has 0 aromatic heterocycles. The average Bonchev–Trinajstić information content (AvgIpc) is 3.39. The third-order valence-corrected chi connectivity index (χ3v) is 6.68. The van der Waals surface area contributed by atoms with Crippen LogP contribution in [0.5, 0.6) is 0 Å². The van der Waals surface area contributed by atoms with Crippen LogP contribution in [0.3, 0.4) is 0 Å². The van der Waals surface area contributed by atoms with Gasteiger partial charge in [0.05, 0.1) is 4.90 Å². The number of carbonyl (C=O) groups is 1. The van der Waals surface area contributed by atoms with E-state index < -0.39 is 10.0 Å². The lowest BCUT2D eigenvalue weighted by molar-refractivity contribution is 0.0951. The summed E-state index contributed by atoms with van der Waals surface area (Å²) in [6, 6.07) is 6.70. The zero-order valence-electron chi connectivity index (χ0n) is 13.5. The molecule has 1 N–H and O–H groups in total. The van der Waals surface area contributed by atoms with Crippen LogP contribution in [-0.4, -0.2) is 37.8 Å². The molecule has 0 radical (unpaired) electrons. The largest absolute Gasteiger partial charge is 0.349 e. The molecule has 0 bridgehead atoms. The Kier molecular flexibility index (Phi) is 4.73. The number of carbonyl (C=O) groups excluding carboxylic acids is 1. The molecule has 1 amide bonds. The van der Waals surface area contributed by atoms with Crippen molar-refractivity contribution in [3.63, 3.8) is 0 Å². The summed E-state index contributed by atoms with van der Waals surface area (Å²) in [5.41, 5.74) is 0.412. The van der Waals surface area contributed by atoms with Crippen LogP contribution < -0.4 is 5.32 Å². The first-order valence-electron chi connectivity index (χ1n) is 8.37. The van der Waals surface area contributed by atoms with Gasteiger partial charge in [-0.3, -0.25) is 4.79 Å². The summed E-state index contributed by atoms with van der Waals surface area (Å²) >= 11 is 0. The van der Waals surface area contributed by atoms with Crippen molar-refractivity contribution in [1.82, 2.24) is 9.62 Å². The summed E-state index contributed by atoms with van der Waals surface area (Å²) in [5, 5.41) is 2.89. The summed E-state index contributed by atoms with van der Waals surface area (Å²) in [6.07, 6.45) is 7.18. The van der Waals surface area contributed by atoms with Gasteiger partial charge < -0.3 is 5.32 Å². The summed E-state index contributed by atoms with van der Waals surface area (Å²) in [4.78, 5) is 12.3.